The Balaban J connectivity index is 4.29. The Labute approximate surface area is 183 Å². The van der Waals surface area contributed by atoms with E-state index in [1.165, 1.54) is 0 Å². The van der Waals surface area contributed by atoms with E-state index >= 15 is 0 Å². The lowest BCUT2D eigenvalue weighted by atomic mass is 10.2. The first-order chi connectivity index (χ1) is 14.6. The fraction of sp³-hybridized carbons (Fsp3) is 0.833. The zero-order valence-electron chi connectivity index (χ0n) is 19.7. The Kier molecular flexibility index (Phi) is 19.9. The molecular formula is C24H44O6. The van der Waals surface area contributed by atoms with E-state index in [9.17, 15) is 9.59 Å². The summed E-state index contributed by atoms with van der Waals surface area (Å²) in [7, 11) is 0. The van der Waals surface area contributed by atoms with Crippen LogP contribution in [0.15, 0.2) is 12.2 Å². The van der Waals surface area contributed by atoms with E-state index in [-0.39, 0.29) is 25.4 Å². The third kappa shape index (κ3) is 17.5. The number of carbonyl (C=O) groups is 2. The molecule has 0 aliphatic rings. The van der Waals surface area contributed by atoms with Crippen molar-refractivity contribution in [3.05, 3.63) is 12.2 Å². The molecule has 176 valence electrons. The van der Waals surface area contributed by atoms with E-state index in [4.69, 9.17) is 18.9 Å². The molecule has 0 radical (unpaired) electrons. The van der Waals surface area contributed by atoms with Gasteiger partial charge in [-0.2, -0.15) is 0 Å². The second-order valence-electron chi connectivity index (χ2n) is 7.57. The Morgan fingerprint density at radius 1 is 0.633 bits per heavy atom. The van der Waals surface area contributed by atoms with Gasteiger partial charge in [0.25, 0.3) is 0 Å². The summed E-state index contributed by atoms with van der Waals surface area (Å²) in [6, 6.07) is 0. The third-order valence-electron chi connectivity index (χ3n) is 4.64. The molecule has 0 saturated carbocycles. The van der Waals surface area contributed by atoms with E-state index in [1.807, 2.05) is 0 Å². The maximum atomic E-state index is 11.9. The highest BCUT2D eigenvalue weighted by Crippen LogP contribution is 2.08. The van der Waals surface area contributed by atoms with Crippen LogP contribution in [0.3, 0.4) is 0 Å². The molecule has 0 aromatic carbocycles. The van der Waals surface area contributed by atoms with Crippen molar-refractivity contribution in [1.82, 2.24) is 0 Å². The van der Waals surface area contributed by atoms with Gasteiger partial charge in [-0.05, 0) is 25.7 Å². The van der Waals surface area contributed by atoms with Crippen molar-refractivity contribution in [2.45, 2.75) is 104 Å². The van der Waals surface area contributed by atoms with E-state index < -0.39 is 11.9 Å². The highest BCUT2D eigenvalue weighted by molar-refractivity contribution is 5.91. The summed E-state index contributed by atoms with van der Waals surface area (Å²) >= 11 is 0. The van der Waals surface area contributed by atoms with E-state index in [0.717, 1.165) is 76.4 Å². The lowest BCUT2D eigenvalue weighted by Gasteiger charge is -2.17. The molecule has 0 aliphatic heterocycles. The van der Waals surface area contributed by atoms with Crippen LogP contribution in [0.2, 0.25) is 0 Å². The monoisotopic (exact) mass is 428 g/mol. The topological polar surface area (TPSA) is 71.1 Å². The van der Waals surface area contributed by atoms with Gasteiger partial charge in [-0.25, -0.2) is 9.59 Å². The number of hydrogen-bond donors (Lipinski definition) is 0. The average Bonchev–Trinajstić information content (AvgIpc) is 2.75. The van der Waals surface area contributed by atoms with Crippen LogP contribution in [-0.4, -0.2) is 50.6 Å². The molecule has 0 aromatic heterocycles. The number of unbranched alkanes of at least 4 members (excludes halogenated alkanes) is 4. The summed E-state index contributed by atoms with van der Waals surface area (Å²) in [6.45, 7) is 10.2. The summed E-state index contributed by atoms with van der Waals surface area (Å²) in [6.07, 6.45) is 12.0. The zero-order chi connectivity index (χ0) is 22.5. The van der Waals surface area contributed by atoms with Crippen molar-refractivity contribution >= 4 is 11.9 Å². The second kappa shape index (κ2) is 20.9. The van der Waals surface area contributed by atoms with Crippen LogP contribution in [0.1, 0.15) is 91.9 Å². The van der Waals surface area contributed by atoms with Crippen LogP contribution in [-0.2, 0) is 28.5 Å². The highest BCUT2D eigenvalue weighted by Gasteiger charge is 2.13. The van der Waals surface area contributed by atoms with Gasteiger partial charge < -0.3 is 18.9 Å². The summed E-state index contributed by atoms with van der Waals surface area (Å²) in [4.78, 5) is 23.8. The molecule has 0 N–H and O–H groups in total. The van der Waals surface area contributed by atoms with Crippen molar-refractivity contribution in [1.29, 1.82) is 0 Å². The van der Waals surface area contributed by atoms with Crippen molar-refractivity contribution in [2.75, 3.05) is 26.4 Å². The predicted octanol–water partition coefficient (Wildman–Crippen LogP) is 5.38. The summed E-state index contributed by atoms with van der Waals surface area (Å²) in [5.74, 6) is -1.12. The normalized spacial score (nSPS) is 13.3. The van der Waals surface area contributed by atoms with Crippen LogP contribution in [0, 0.1) is 0 Å². The molecule has 2 unspecified atom stereocenters. The fourth-order valence-electron chi connectivity index (χ4n) is 2.66. The third-order valence-corrected chi connectivity index (χ3v) is 4.64. The molecule has 6 heteroatoms. The average molecular weight is 429 g/mol. The van der Waals surface area contributed by atoms with Gasteiger partial charge in [0.1, 0.15) is 13.2 Å². The summed E-state index contributed by atoms with van der Waals surface area (Å²) in [5.41, 5.74) is 0. The fourth-order valence-corrected chi connectivity index (χ4v) is 2.66. The van der Waals surface area contributed by atoms with Crippen LogP contribution in [0.4, 0.5) is 0 Å². The number of rotatable bonds is 20. The SMILES string of the molecule is CCCCOC(CCCC)COC(=O)/C=C/C(=O)OCC(CCCC)OCCCC. The molecule has 0 saturated heterocycles. The maximum Gasteiger partial charge on any atom is 0.331 e. The zero-order valence-corrected chi connectivity index (χ0v) is 19.7. The minimum Gasteiger partial charge on any atom is -0.460 e. The smallest absolute Gasteiger partial charge is 0.331 e. The Hall–Kier alpha value is -1.40. The van der Waals surface area contributed by atoms with Gasteiger partial charge in [-0.1, -0.05) is 66.2 Å². The largest absolute Gasteiger partial charge is 0.460 e. The molecule has 6 nitrogen and oxygen atoms in total. The van der Waals surface area contributed by atoms with Crippen LogP contribution in [0.25, 0.3) is 0 Å². The van der Waals surface area contributed by atoms with Gasteiger partial charge >= 0.3 is 11.9 Å². The van der Waals surface area contributed by atoms with E-state index in [1.54, 1.807) is 0 Å². The predicted molar refractivity (Wildman–Crippen MR) is 119 cm³/mol. The quantitative estimate of drug-likeness (QED) is 0.147. The number of ether oxygens (including phenoxy) is 4. The first-order valence-corrected chi connectivity index (χ1v) is 11.8. The molecule has 0 fully saturated rings. The molecule has 0 aromatic rings. The van der Waals surface area contributed by atoms with Gasteiger partial charge in [0, 0.05) is 25.4 Å². The van der Waals surface area contributed by atoms with Crippen LogP contribution >= 0.6 is 0 Å². The van der Waals surface area contributed by atoms with Crippen LogP contribution < -0.4 is 0 Å². The second-order valence-corrected chi connectivity index (χ2v) is 7.57. The summed E-state index contributed by atoms with van der Waals surface area (Å²) in [5, 5.41) is 0. The van der Waals surface area contributed by atoms with Gasteiger partial charge in [0.05, 0.1) is 12.2 Å². The van der Waals surface area contributed by atoms with Gasteiger partial charge in [-0.3, -0.25) is 0 Å². The number of hydrogen-bond acceptors (Lipinski definition) is 6. The van der Waals surface area contributed by atoms with Crippen LogP contribution in [0.5, 0.6) is 0 Å². The Bertz CT molecular complexity index is 409. The maximum absolute atomic E-state index is 11.9. The molecule has 2 atom stereocenters. The molecule has 30 heavy (non-hydrogen) atoms. The molecule has 0 bridgehead atoms. The Morgan fingerprint density at radius 3 is 1.33 bits per heavy atom. The van der Waals surface area contributed by atoms with Crippen molar-refractivity contribution in [2.24, 2.45) is 0 Å². The standard InChI is InChI=1S/C24H44O6/c1-5-9-13-21(27-17-11-7-3)19-29-23(25)15-16-24(26)30-20-22(14-10-6-2)28-18-12-8-4/h15-16,21-22H,5-14,17-20H2,1-4H3/b16-15+. The lowest BCUT2D eigenvalue weighted by molar-refractivity contribution is -0.145. The van der Waals surface area contributed by atoms with Gasteiger partial charge in [0.2, 0.25) is 0 Å². The number of carbonyl (C=O) groups excluding carboxylic acids is 2. The van der Waals surface area contributed by atoms with E-state index in [0.29, 0.717) is 13.2 Å². The van der Waals surface area contributed by atoms with E-state index in [2.05, 4.69) is 27.7 Å². The first-order valence-electron chi connectivity index (χ1n) is 11.8. The minimum absolute atomic E-state index is 0.0969. The first kappa shape index (κ1) is 28.6. The minimum atomic E-state index is -0.561. The lowest BCUT2D eigenvalue weighted by Crippen LogP contribution is -2.23. The van der Waals surface area contributed by atoms with Gasteiger partial charge in [0.15, 0.2) is 0 Å². The summed E-state index contributed by atoms with van der Waals surface area (Å²) < 4.78 is 22.1. The van der Waals surface area contributed by atoms with Crippen molar-refractivity contribution in [3.8, 4) is 0 Å². The number of esters is 2. The molecule has 0 amide bonds. The van der Waals surface area contributed by atoms with Crippen molar-refractivity contribution in [3.63, 3.8) is 0 Å². The molecule has 0 spiro atoms. The molecular weight excluding hydrogens is 384 g/mol. The van der Waals surface area contributed by atoms with Gasteiger partial charge in [-0.15, -0.1) is 0 Å². The highest BCUT2D eigenvalue weighted by atomic mass is 16.6. The molecule has 0 aliphatic carbocycles. The van der Waals surface area contributed by atoms with Crippen molar-refractivity contribution < 1.29 is 28.5 Å². The molecule has 0 rings (SSSR count). The molecule has 0 heterocycles. The Morgan fingerprint density at radius 2 is 1.00 bits per heavy atom.